The smallest absolute Gasteiger partial charge is 0.123 e. The van der Waals surface area contributed by atoms with Gasteiger partial charge in [0.05, 0.1) is 0 Å². The van der Waals surface area contributed by atoms with Crippen molar-refractivity contribution in [2.24, 2.45) is 0 Å². The van der Waals surface area contributed by atoms with Gasteiger partial charge in [0.1, 0.15) is 5.82 Å². The van der Waals surface area contributed by atoms with Gasteiger partial charge in [0.25, 0.3) is 0 Å². The molecule has 4 aromatic rings. The predicted molar refractivity (Wildman–Crippen MR) is 122 cm³/mol. The highest BCUT2D eigenvalue weighted by Crippen LogP contribution is 2.40. The summed E-state index contributed by atoms with van der Waals surface area (Å²) in [6.45, 7) is 3.28. The second-order valence-corrected chi connectivity index (χ2v) is 8.32. The molecular formula is C27H27FN2. The number of aromatic nitrogens is 1. The van der Waals surface area contributed by atoms with Gasteiger partial charge in [0.15, 0.2) is 0 Å². The highest BCUT2D eigenvalue weighted by Gasteiger charge is 2.26. The second kappa shape index (κ2) is 8.45. The van der Waals surface area contributed by atoms with E-state index in [1.807, 2.05) is 12.1 Å². The van der Waals surface area contributed by atoms with Crippen molar-refractivity contribution in [2.75, 3.05) is 19.6 Å². The Labute approximate surface area is 177 Å². The van der Waals surface area contributed by atoms with Crippen molar-refractivity contribution < 1.29 is 4.39 Å². The van der Waals surface area contributed by atoms with E-state index in [1.54, 1.807) is 12.1 Å². The number of benzene rings is 3. The van der Waals surface area contributed by atoms with Gasteiger partial charge in [0, 0.05) is 23.1 Å². The Morgan fingerprint density at radius 3 is 2.30 bits per heavy atom. The first-order valence-electron chi connectivity index (χ1n) is 10.9. The van der Waals surface area contributed by atoms with Crippen LogP contribution >= 0.6 is 0 Å². The molecule has 1 saturated heterocycles. The van der Waals surface area contributed by atoms with Crippen LogP contribution in [0, 0.1) is 5.82 Å². The Bertz CT molecular complexity index is 1110. The van der Waals surface area contributed by atoms with Crippen LogP contribution in [0.4, 0.5) is 4.39 Å². The molecule has 0 spiro atoms. The maximum Gasteiger partial charge on any atom is 0.123 e. The summed E-state index contributed by atoms with van der Waals surface area (Å²) in [7, 11) is 0. The van der Waals surface area contributed by atoms with E-state index in [4.69, 9.17) is 0 Å². The highest BCUT2D eigenvalue weighted by molar-refractivity contribution is 5.91. The first kappa shape index (κ1) is 19.1. The average Bonchev–Trinajstić information content (AvgIpc) is 3.18. The summed E-state index contributed by atoms with van der Waals surface area (Å²) in [5.41, 5.74) is 6.04. The number of fused-ring (bicyclic) bond motifs is 1. The number of nitrogens with zero attached hydrogens (tertiary/aromatic N) is 1. The zero-order valence-corrected chi connectivity index (χ0v) is 17.2. The lowest BCUT2D eigenvalue weighted by molar-refractivity contribution is 0.215. The molecule has 1 aliphatic rings. The maximum absolute atomic E-state index is 14.1. The Kier molecular flexibility index (Phi) is 5.37. The van der Waals surface area contributed by atoms with Crippen molar-refractivity contribution >= 4 is 10.9 Å². The predicted octanol–water partition coefficient (Wildman–Crippen LogP) is 6.40. The first-order valence-corrected chi connectivity index (χ1v) is 10.9. The lowest BCUT2D eigenvalue weighted by Crippen LogP contribution is -2.34. The molecule has 0 saturated carbocycles. The third-order valence-corrected chi connectivity index (χ3v) is 6.42. The normalized spacial score (nSPS) is 15.6. The van der Waals surface area contributed by atoms with E-state index < -0.39 is 0 Å². The fraction of sp³-hybridized carbons (Fsp3) is 0.259. The van der Waals surface area contributed by atoms with Gasteiger partial charge in [-0.25, -0.2) is 4.39 Å². The molecule has 0 bridgehead atoms. The summed E-state index contributed by atoms with van der Waals surface area (Å²) in [6.07, 6.45) is 3.31. The van der Waals surface area contributed by atoms with Gasteiger partial charge < -0.3 is 9.88 Å². The third kappa shape index (κ3) is 3.90. The molecule has 0 amide bonds. The lowest BCUT2D eigenvalue weighted by Gasteiger charge is -2.32. The van der Waals surface area contributed by atoms with Crippen LogP contribution in [-0.2, 0) is 6.42 Å². The van der Waals surface area contributed by atoms with Crippen LogP contribution in [0.15, 0.2) is 78.9 Å². The number of halogens is 1. The van der Waals surface area contributed by atoms with E-state index >= 15 is 0 Å². The Morgan fingerprint density at radius 2 is 1.57 bits per heavy atom. The Morgan fingerprint density at radius 1 is 0.867 bits per heavy atom. The monoisotopic (exact) mass is 398 g/mol. The molecular weight excluding hydrogens is 371 g/mol. The number of likely N-dealkylation sites (tertiary alicyclic amines) is 1. The fourth-order valence-electron chi connectivity index (χ4n) is 4.82. The van der Waals surface area contributed by atoms with Crippen LogP contribution in [0.3, 0.4) is 0 Å². The number of H-pyrrole nitrogens is 1. The van der Waals surface area contributed by atoms with Crippen molar-refractivity contribution in [2.45, 2.75) is 25.2 Å². The minimum Gasteiger partial charge on any atom is -0.354 e. The molecule has 1 aliphatic heterocycles. The van der Waals surface area contributed by atoms with Gasteiger partial charge in [-0.3, -0.25) is 0 Å². The van der Waals surface area contributed by atoms with Crippen molar-refractivity contribution in [3.8, 4) is 11.3 Å². The third-order valence-electron chi connectivity index (χ3n) is 6.42. The number of piperidine rings is 1. The van der Waals surface area contributed by atoms with Gasteiger partial charge in [0.2, 0.25) is 0 Å². The number of rotatable bonds is 5. The van der Waals surface area contributed by atoms with E-state index in [-0.39, 0.29) is 5.82 Å². The van der Waals surface area contributed by atoms with Crippen molar-refractivity contribution in [1.82, 2.24) is 9.88 Å². The molecule has 0 unspecified atom stereocenters. The molecule has 152 valence electrons. The second-order valence-electron chi connectivity index (χ2n) is 8.32. The van der Waals surface area contributed by atoms with Crippen LogP contribution in [0.2, 0.25) is 0 Å². The molecule has 0 atom stereocenters. The summed E-state index contributed by atoms with van der Waals surface area (Å²) in [5.74, 6) is 0.284. The van der Waals surface area contributed by atoms with E-state index in [0.717, 1.165) is 55.5 Å². The SMILES string of the molecule is Fc1ccc2[nH]c(-c3ccccc3)c(C3CCN(CCc4ccccc4)CC3)c2c1. The molecule has 5 rings (SSSR count). The van der Waals surface area contributed by atoms with Gasteiger partial charge in [-0.05, 0) is 73.2 Å². The molecule has 3 aromatic carbocycles. The van der Waals surface area contributed by atoms with Gasteiger partial charge in [-0.2, -0.15) is 0 Å². The van der Waals surface area contributed by atoms with Crippen LogP contribution in [0.1, 0.15) is 29.9 Å². The molecule has 0 aliphatic carbocycles. The number of aromatic amines is 1. The largest absolute Gasteiger partial charge is 0.354 e. The molecule has 1 N–H and O–H groups in total. The molecule has 1 fully saturated rings. The minimum atomic E-state index is -0.164. The van der Waals surface area contributed by atoms with Crippen molar-refractivity contribution in [3.63, 3.8) is 0 Å². The van der Waals surface area contributed by atoms with E-state index in [0.29, 0.717) is 5.92 Å². The van der Waals surface area contributed by atoms with Crippen molar-refractivity contribution in [3.05, 3.63) is 95.8 Å². The summed E-state index contributed by atoms with van der Waals surface area (Å²) in [5, 5.41) is 1.04. The number of hydrogen-bond acceptors (Lipinski definition) is 1. The molecule has 3 heteroatoms. The van der Waals surface area contributed by atoms with Crippen molar-refractivity contribution in [1.29, 1.82) is 0 Å². The van der Waals surface area contributed by atoms with Gasteiger partial charge in [-0.15, -0.1) is 0 Å². The molecule has 2 nitrogen and oxygen atoms in total. The summed E-state index contributed by atoms with van der Waals surface area (Å²) < 4.78 is 14.1. The Hall–Kier alpha value is -2.91. The van der Waals surface area contributed by atoms with Crippen LogP contribution in [0.25, 0.3) is 22.2 Å². The number of hydrogen-bond donors (Lipinski definition) is 1. The molecule has 30 heavy (non-hydrogen) atoms. The highest BCUT2D eigenvalue weighted by atomic mass is 19.1. The molecule has 2 heterocycles. The zero-order chi connectivity index (χ0) is 20.3. The fourth-order valence-corrected chi connectivity index (χ4v) is 4.82. The van der Waals surface area contributed by atoms with Gasteiger partial charge >= 0.3 is 0 Å². The van der Waals surface area contributed by atoms with E-state index in [9.17, 15) is 4.39 Å². The van der Waals surface area contributed by atoms with Crippen LogP contribution < -0.4 is 0 Å². The first-order chi connectivity index (χ1) is 14.8. The maximum atomic E-state index is 14.1. The van der Waals surface area contributed by atoms with Crippen LogP contribution in [-0.4, -0.2) is 29.5 Å². The minimum absolute atomic E-state index is 0.164. The molecule has 1 aromatic heterocycles. The van der Waals surface area contributed by atoms with E-state index in [1.165, 1.54) is 16.7 Å². The summed E-state index contributed by atoms with van der Waals surface area (Å²) in [4.78, 5) is 6.15. The standard InChI is InChI=1S/C27H27FN2/c28-23-11-12-25-24(19-23)26(27(29-25)22-9-5-2-6-10-22)21-14-17-30(18-15-21)16-13-20-7-3-1-4-8-20/h1-12,19,21,29H,13-18H2. The molecule has 0 radical (unpaired) electrons. The average molecular weight is 399 g/mol. The topological polar surface area (TPSA) is 19.0 Å². The lowest BCUT2D eigenvalue weighted by atomic mass is 9.86. The summed E-state index contributed by atoms with van der Waals surface area (Å²) in [6, 6.07) is 26.3. The Balaban J connectivity index is 1.38. The quantitative estimate of drug-likeness (QED) is 0.412. The van der Waals surface area contributed by atoms with E-state index in [2.05, 4.69) is 64.5 Å². The number of nitrogens with one attached hydrogen (secondary N) is 1. The van der Waals surface area contributed by atoms with Gasteiger partial charge in [-0.1, -0.05) is 60.7 Å². The summed E-state index contributed by atoms with van der Waals surface area (Å²) >= 11 is 0. The van der Waals surface area contributed by atoms with Crippen LogP contribution in [0.5, 0.6) is 0 Å². The zero-order valence-electron chi connectivity index (χ0n) is 17.2.